The Kier molecular flexibility index (Phi) is 13.7. The molecule has 1 aromatic heterocycles. The van der Waals surface area contributed by atoms with Gasteiger partial charge in [0.05, 0.1) is 17.8 Å². The highest BCUT2D eigenvalue weighted by Crippen LogP contribution is 2.34. The fraction of sp³-hybridized carbons (Fsp3) is 0.289. The molecule has 0 saturated carbocycles. The summed E-state index contributed by atoms with van der Waals surface area (Å²) in [6, 6.07) is 32.1. The lowest BCUT2D eigenvalue weighted by Crippen LogP contribution is -2.47. The Labute approximate surface area is 329 Å². The topological polar surface area (TPSA) is 64.1 Å². The van der Waals surface area contributed by atoms with Crippen molar-refractivity contribution in [3.63, 3.8) is 0 Å². The van der Waals surface area contributed by atoms with Gasteiger partial charge in [-0.15, -0.1) is 0 Å². The van der Waals surface area contributed by atoms with Gasteiger partial charge in [0, 0.05) is 55.5 Å². The van der Waals surface area contributed by atoms with Gasteiger partial charge in [0.15, 0.2) is 5.75 Å². The highest BCUT2D eigenvalue weighted by molar-refractivity contribution is 6.32. The molecule has 4 aromatic carbocycles. The van der Waals surface area contributed by atoms with Gasteiger partial charge < -0.3 is 19.1 Å². The summed E-state index contributed by atoms with van der Waals surface area (Å²) in [7, 11) is 0. The van der Waals surface area contributed by atoms with E-state index < -0.39 is 0 Å². The lowest BCUT2D eigenvalue weighted by atomic mass is 10.0. The summed E-state index contributed by atoms with van der Waals surface area (Å²) in [4.78, 5) is 21.8. The van der Waals surface area contributed by atoms with Gasteiger partial charge in [0.2, 0.25) is 11.8 Å². The standard InChI is InChI=1S/C45H47Cl2N3O4/c1-32(2)37-15-17-39(18-16-37)52-26-6-7-34-10-12-35(13-11-34)30-49-22-24-50(25-23-49)44(51)21-14-36-27-33(3)45(42(47)28-36)54-43-20-19-40(29-48-43)53-31-38-8-4-5-9-41(38)46/h4-5,8-21,27-29,32H,6-7,22-26,30-31H2,1-3H3/b21-14+. The van der Waals surface area contributed by atoms with Crippen LogP contribution in [0, 0.1) is 6.92 Å². The second-order valence-electron chi connectivity index (χ2n) is 13.9. The number of ether oxygens (including phenoxy) is 3. The van der Waals surface area contributed by atoms with Gasteiger partial charge in [-0.2, -0.15) is 0 Å². The average Bonchev–Trinajstić information content (AvgIpc) is 3.18. The van der Waals surface area contributed by atoms with Gasteiger partial charge in [-0.1, -0.05) is 91.6 Å². The van der Waals surface area contributed by atoms with Crippen molar-refractivity contribution in [1.29, 1.82) is 0 Å². The van der Waals surface area contributed by atoms with Crippen LogP contribution in [0.15, 0.2) is 109 Å². The molecule has 7 nitrogen and oxygen atoms in total. The van der Waals surface area contributed by atoms with E-state index in [1.54, 1.807) is 36.5 Å². The number of carbonyl (C=O) groups excluding carboxylic acids is 1. The minimum absolute atomic E-state index is 0.00861. The van der Waals surface area contributed by atoms with Gasteiger partial charge in [-0.25, -0.2) is 4.98 Å². The lowest BCUT2D eigenvalue weighted by molar-refractivity contribution is -0.127. The summed E-state index contributed by atoms with van der Waals surface area (Å²) in [5, 5.41) is 1.09. The molecule has 1 fully saturated rings. The number of nitrogens with zero attached hydrogens (tertiary/aromatic N) is 3. The van der Waals surface area contributed by atoms with E-state index in [-0.39, 0.29) is 5.91 Å². The maximum atomic E-state index is 13.1. The summed E-state index contributed by atoms with van der Waals surface area (Å²) in [6.45, 7) is 11.3. The Morgan fingerprint density at radius 1 is 0.833 bits per heavy atom. The Hall–Kier alpha value is -4.82. The first-order valence-corrected chi connectivity index (χ1v) is 19.3. The molecule has 0 N–H and O–H groups in total. The third kappa shape index (κ3) is 11.1. The van der Waals surface area contributed by atoms with Gasteiger partial charge >= 0.3 is 0 Å². The number of benzene rings is 4. The molecule has 0 bridgehead atoms. The smallest absolute Gasteiger partial charge is 0.246 e. The van der Waals surface area contributed by atoms with Crippen molar-refractivity contribution >= 4 is 35.2 Å². The van der Waals surface area contributed by atoms with Crippen molar-refractivity contribution in [2.24, 2.45) is 0 Å². The highest BCUT2D eigenvalue weighted by Gasteiger charge is 2.20. The number of hydrogen-bond donors (Lipinski definition) is 0. The third-order valence-electron chi connectivity index (χ3n) is 9.48. The third-order valence-corrected chi connectivity index (χ3v) is 10.1. The fourth-order valence-electron chi connectivity index (χ4n) is 6.26. The van der Waals surface area contributed by atoms with Gasteiger partial charge in [0.25, 0.3) is 0 Å². The number of pyridine rings is 1. The van der Waals surface area contributed by atoms with Crippen LogP contribution >= 0.6 is 23.2 Å². The van der Waals surface area contributed by atoms with Crippen molar-refractivity contribution in [1.82, 2.24) is 14.8 Å². The maximum absolute atomic E-state index is 13.1. The summed E-state index contributed by atoms with van der Waals surface area (Å²) in [5.41, 5.74) is 6.47. The first kappa shape index (κ1) is 38.9. The van der Waals surface area contributed by atoms with E-state index in [2.05, 4.69) is 72.3 Å². The number of aromatic nitrogens is 1. The SMILES string of the molecule is Cc1cc(/C=C/C(=O)N2CCN(Cc3ccc(CCCOc4ccc(C(C)C)cc4)cc3)CC2)cc(Cl)c1Oc1ccc(OCc2ccccc2Cl)cn1. The van der Waals surface area contributed by atoms with Crippen LogP contribution in [0.25, 0.3) is 6.08 Å². The van der Waals surface area contributed by atoms with Gasteiger partial charge in [-0.05, 0) is 96.0 Å². The molecule has 1 aliphatic rings. The Bertz CT molecular complexity index is 1980. The Morgan fingerprint density at radius 2 is 1.56 bits per heavy atom. The van der Waals surface area contributed by atoms with E-state index in [0.29, 0.717) is 59.6 Å². The van der Waals surface area contributed by atoms with E-state index in [4.69, 9.17) is 37.4 Å². The average molecular weight is 765 g/mol. The zero-order valence-corrected chi connectivity index (χ0v) is 32.7. The van der Waals surface area contributed by atoms with Crippen LogP contribution in [-0.2, 0) is 24.4 Å². The zero-order chi connectivity index (χ0) is 37.9. The number of amides is 1. The molecule has 0 unspecified atom stereocenters. The van der Waals surface area contributed by atoms with Crippen molar-refractivity contribution in [2.45, 2.75) is 52.7 Å². The van der Waals surface area contributed by atoms with Gasteiger partial charge in [-0.3, -0.25) is 9.69 Å². The number of rotatable bonds is 15. The highest BCUT2D eigenvalue weighted by atomic mass is 35.5. The molecule has 0 radical (unpaired) electrons. The molecule has 1 amide bonds. The predicted octanol–water partition coefficient (Wildman–Crippen LogP) is 10.6. The second kappa shape index (κ2) is 19.0. The minimum Gasteiger partial charge on any atom is -0.494 e. The maximum Gasteiger partial charge on any atom is 0.246 e. The predicted molar refractivity (Wildman–Crippen MR) is 218 cm³/mol. The van der Waals surface area contributed by atoms with E-state index >= 15 is 0 Å². The largest absolute Gasteiger partial charge is 0.494 e. The Morgan fingerprint density at radius 3 is 2.24 bits per heavy atom. The molecule has 0 aliphatic carbocycles. The molecule has 280 valence electrons. The van der Waals surface area contributed by atoms with E-state index in [0.717, 1.165) is 54.9 Å². The Balaban J connectivity index is 0.910. The quantitative estimate of drug-likeness (QED) is 0.0781. The van der Waals surface area contributed by atoms with E-state index in [1.807, 2.05) is 42.2 Å². The summed E-state index contributed by atoms with van der Waals surface area (Å²) in [6.07, 6.45) is 6.98. The second-order valence-corrected chi connectivity index (χ2v) is 14.7. The molecule has 1 aliphatic heterocycles. The molecule has 1 saturated heterocycles. The summed E-state index contributed by atoms with van der Waals surface area (Å²) >= 11 is 12.9. The van der Waals surface area contributed by atoms with Crippen LogP contribution in [0.5, 0.6) is 23.1 Å². The van der Waals surface area contributed by atoms with Crippen molar-refractivity contribution < 1.29 is 19.0 Å². The molecule has 0 spiro atoms. The minimum atomic E-state index is -0.00861. The molecule has 5 aromatic rings. The molecule has 2 heterocycles. The molecule has 6 rings (SSSR count). The first-order chi connectivity index (χ1) is 26.2. The number of piperazine rings is 1. The lowest BCUT2D eigenvalue weighted by Gasteiger charge is -2.34. The molecule has 0 atom stereocenters. The molecular formula is C45H47Cl2N3O4. The normalized spacial score (nSPS) is 13.4. The van der Waals surface area contributed by atoms with E-state index in [9.17, 15) is 4.79 Å². The van der Waals surface area contributed by atoms with Crippen LogP contribution in [0.4, 0.5) is 0 Å². The van der Waals surface area contributed by atoms with Crippen molar-refractivity contribution in [3.05, 3.63) is 153 Å². The van der Waals surface area contributed by atoms with Crippen LogP contribution < -0.4 is 14.2 Å². The summed E-state index contributed by atoms with van der Waals surface area (Å²) < 4.78 is 17.8. The van der Waals surface area contributed by atoms with Crippen LogP contribution in [0.1, 0.15) is 59.6 Å². The first-order valence-electron chi connectivity index (χ1n) is 18.5. The molecule has 9 heteroatoms. The molecule has 54 heavy (non-hydrogen) atoms. The number of carbonyl (C=O) groups is 1. The van der Waals surface area contributed by atoms with Crippen LogP contribution in [-0.4, -0.2) is 53.5 Å². The van der Waals surface area contributed by atoms with Crippen molar-refractivity contribution in [3.8, 4) is 23.1 Å². The van der Waals surface area contributed by atoms with Crippen molar-refractivity contribution in [2.75, 3.05) is 32.8 Å². The van der Waals surface area contributed by atoms with E-state index in [1.165, 1.54) is 16.7 Å². The zero-order valence-electron chi connectivity index (χ0n) is 31.1. The number of halogens is 2. The fourth-order valence-corrected chi connectivity index (χ4v) is 6.76. The number of aryl methyl sites for hydroxylation is 2. The van der Waals surface area contributed by atoms with Gasteiger partial charge in [0.1, 0.15) is 18.1 Å². The van der Waals surface area contributed by atoms with Crippen LogP contribution in [0.2, 0.25) is 10.0 Å². The molecular weight excluding hydrogens is 717 g/mol. The summed E-state index contributed by atoms with van der Waals surface area (Å²) in [5.74, 6) is 2.94. The number of hydrogen-bond acceptors (Lipinski definition) is 6. The monoisotopic (exact) mass is 763 g/mol. The van der Waals surface area contributed by atoms with Crippen LogP contribution in [0.3, 0.4) is 0 Å².